The minimum Gasteiger partial charge on any atom is -0.508 e. The van der Waals surface area contributed by atoms with E-state index >= 15 is 0 Å². The topological polar surface area (TPSA) is 23.5 Å². The van der Waals surface area contributed by atoms with Gasteiger partial charge < -0.3 is 5.11 Å². The Morgan fingerprint density at radius 3 is 2.33 bits per heavy atom. The van der Waals surface area contributed by atoms with Crippen molar-refractivity contribution in [3.05, 3.63) is 35.9 Å². The Morgan fingerprint density at radius 2 is 1.83 bits per heavy atom. The molecule has 0 amide bonds. The number of hydrogen-bond donors (Lipinski definition) is 1. The van der Waals surface area contributed by atoms with Gasteiger partial charge in [0.15, 0.2) is 0 Å². The van der Waals surface area contributed by atoms with Crippen LogP contribution in [0, 0.1) is 5.92 Å². The Hall–Kier alpha value is -1.28. The number of nitrogens with zero attached hydrogens (tertiary/aromatic N) is 1. The molecule has 1 aliphatic heterocycles. The lowest BCUT2D eigenvalue weighted by molar-refractivity contribution is 0.138. The summed E-state index contributed by atoms with van der Waals surface area (Å²) in [7, 11) is 0. The van der Waals surface area contributed by atoms with Crippen molar-refractivity contribution >= 4 is 5.57 Å². The van der Waals surface area contributed by atoms with Gasteiger partial charge in [0.1, 0.15) is 5.75 Å². The Kier molecular flexibility index (Phi) is 2.53. The Labute approximate surface area is 109 Å². The first-order valence-corrected chi connectivity index (χ1v) is 6.73. The van der Waals surface area contributed by atoms with E-state index in [2.05, 4.69) is 31.7 Å². The third-order valence-corrected chi connectivity index (χ3v) is 4.22. The maximum absolute atomic E-state index is 9.35. The minimum absolute atomic E-state index is 0.260. The summed E-state index contributed by atoms with van der Waals surface area (Å²) >= 11 is 0. The molecular weight excluding hydrogens is 222 g/mol. The fourth-order valence-electron chi connectivity index (χ4n) is 3.35. The fraction of sp³-hybridized carbons (Fsp3) is 0.500. The van der Waals surface area contributed by atoms with Gasteiger partial charge in [0.05, 0.1) is 0 Å². The van der Waals surface area contributed by atoms with Gasteiger partial charge in [-0.1, -0.05) is 18.2 Å². The van der Waals surface area contributed by atoms with Crippen molar-refractivity contribution < 1.29 is 5.11 Å². The highest BCUT2D eigenvalue weighted by Gasteiger charge is 2.43. The average Bonchev–Trinajstić information content (AvgIpc) is 2.88. The van der Waals surface area contributed by atoms with Gasteiger partial charge in [0.25, 0.3) is 0 Å². The lowest BCUT2D eigenvalue weighted by Gasteiger charge is -2.38. The third-order valence-electron chi connectivity index (χ3n) is 4.22. The predicted molar refractivity (Wildman–Crippen MR) is 74.4 cm³/mol. The lowest BCUT2D eigenvalue weighted by Crippen LogP contribution is -2.45. The highest BCUT2D eigenvalue weighted by atomic mass is 16.3. The zero-order valence-corrected chi connectivity index (χ0v) is 11.4. The second kappa shape index (κ2) is 3.86. The van der Waals surface area contributed by atoms with Crippen LogP contribution in [0.25, 0.3) is 5.57 Å². The summed E-state index contributed by atoms with van der Waals surface area (Å²) in [4.78, 5) is 2.60. The van der Waals surface area contributed by atoms with E-state index in [0.29, 0.717) is 17.7 Å². The Bertz CT molecular complexity index is 481. The summed E-state index contributed by atoms with van der Waals surface area (Å²) in [5.41, 5.74) is 3.01. The van der Waals surface area contributed by atoms with Crippen LogP contribution in [-0.4, -0.2) is 28.1 Å². The van der Waals surface area contributed by atoms with E-state index in [9.17, 15) is 5.11 Å². The van der Waals surface area contributed by atoms with Gasteiger partial charge in [-0.05, 0) is 56.4 Å². The second-order valence-electron chi connectivity index (χ2n) is 6.49. The molecule has 2 heteroatoms. The number of phenolic OH excluding ortho intramolecular Hbond substituents is 1. The summed E-state index contributed by atoms with van der Waals surface area (Å²) < 4.78 is 0. The van der Waals surface area contributed by atoms with E-state index < -0.39 is 0 Å². The van der Waals surface area contributed by atoms with Crippen molar-refractivity contribution in [1.29, 1.82) is 0 Å². The molecule has 0 saturated carbocycles. The van der Waals surface area contributed by atoms with Crippen LogP contribution in [0.2, 0.25) is 0 Å². The molecule has 1 aromatic carbocycles. The quantitative estimate of drug-likeness (QED) is 0.818. The SMILES string of the molecule is CC(C)(C)N1CC2CC1C=C2c1ccc(O)cc1. The standard InChI is InChI=1S/C16H21NO/c1-16(2,3)17-10-12-8-13(17)9-15(12)11-4-6-14(18)7-5-11/h4-7,9,12-13,18H,8,10H2,1-3H3. The maximum Gasteiger partial charge on any atom is 0.115 e. The molecule has 0 aromatic heterocycles. The lowest BCUT2D eigenvalue weighted by atomic mass is 9.94. The van der Waals surface area contributed by atoms with Gasteiger partial charge >= 0.3 is 0 Å². The molecule has 1 aromatic rings. The zero-order chi connectivity index (χ0) is 12.9. The molecule has 1 fully saturated rings. The first kappa shape index (κ1) is 11.8. The minimum atomic E-state index is 0.260. The van der Waals surface area contributed by atoms with Crippen molar-refractivity contribution in [2.24, 2.45) is 5.92 Å². The van der Waals surface area contributed by atoms with E-state index in [1.807, 2.05) is 12.1 Å². The predicted octanol–water partition coefficient (Wildman–Crippen LogP) is 3.28. The van der Waals surface area contributed by atoms with Gasteiger partial charge in [0.2, 0.25) is 0 Å². The summed E-state index contributed by atoms with van der Waals surface area (Å²) in [5, 5.41) is 9.35. The molecule has 2 unspecified atom stereocenters. The second-order valence-corrected chi connectivity index (χ2v) is 6.49. The first-order valence-electron chi connectivity index (χ1n) is 6.73. The highest BCUT2D eigenvalue weighted by molar-refractivity contribution is 5.72. The first-order chi connectivity index (χ1) is 8.45. The largest absolute Gasteiger partial charge is 0.508 e. The van der Waals surface area contributed by atoms with Crippen LogP contribution in [-0.2, 0) is 0 Å². The molecule has 2 bridgehead atoms. The molecule has 2 aliphatic rings. The van der Waals surface area contributed by atoms with Gasteiger partial charge in [-0.15, -0.1) is 0 Å². The monoisotopic (exact) mass is 243 g/mol. The number of phenols is 1. The Balaban J connectivity index is 1.87. The van der Waals surface area contributed by atoms with Crippen LogP contribution in [0.4, 0.5) is 0 Å². The van der Waals surface area contributed by atoms with E-state index in [1.165, 1.54) is 24.1 Å². The number of aromatic hydroxyl groups is 1. The molecule has 1 N–H and O–H groups in total. The van der Waals surface area contributed by atoms with E-state index in [-0.39, 0.29) is 5.54 Å². The smallest absolute Gasteiger partial charge is 0.115 e. The van der Waals surface area contributed by atoms with Crippen LogP contribution in [0.15, 0.2) is 30.3 Å². The van der Waals surface area contributed by atoms with Crippen LogP contribution in [0.5, 0.6) is 5.75 Å². The van der Waals surface area contributed by atoms with Gasteiger partial charge in [0, 0.05) is 18.1 Å². The molecule has 0 radical (unpaired) electrons. The fourth-order valence-corrected chi connectivity index (χ4v) is 3.35. The molecule has 3 rings (SSSR count). The van der Waals surface area contributed by atoms with Crippen LogP contribution in [0.1, 0.15) is 32.8 Å². The molecule has 1 saturated heterocycles. The van der Waals surface area contributed by atoms with Crippen molar-refractivity contribution in [3.63, 3.8) is 0 Å². The molecular formula is C16H21NO. The van der Waals surface area contributed by atoms with Gasteiger partial charge in [-0.3, -0.25) is 4.90 Å². The molecule has 2 atom stereocenters. The van der Waals surface area contributed by atoms with Gasteiger partial charge in [-0.2, -0.15) is 0 Å². The molecule has 0 spiro atoms. The molecule has 2 nitrogen and oxygen atoms in total. The van der Waals surface area contributed by atoms with E-state index in [1.54, 1.807) is 12.1 Å². The highest BCUT2D eigenvalue weighted by Crippen LogP contribution is 2.44. The molecule has 18 heavy (non-hydrogen) atoms. The average molecular weight is 243 g/mol. The van der Waals surface area contributed by atoms with Crippen molar-refractivity contribution in [3.8, 4) is 5.75 Å². The number of hydrogen-bond acceptors (Lipinski definition) is 2. The maximum atomic E-state index is 9.35. The third kappa shape index (κ3) is 1.85. The molecule has 1 aliphatic carbocycles. The van der Waals surface area contributed by atoms with E-state index in [0.717, 1.165) is 0 Å². The van der Waals surface area contributed by atoms with Gasteiger partial charge in [-0.25, -0.2) is 0 Å². The summed E-state index contributed by atoms with van der Waals surface area (Å²) in [6, 6.07) is 8.22. The summed E-state index contributed by atoms with van der Waals surface area (Å²) in [6.07, 6.45) is 3.68. The molecule has 96 valence electrons. The molecule has 1 heterocycles. The number of fused-ring (bicyclic) bond motifs is 2. The number of benzene rings is 1. The summed E-state index contributed by atoms with van der Waals surface area (Å²) in [5.74, 6) is 1.01. The number of rotatable bonds is 1. The zero-order valence-electron chi connectivity index (χ0n) is 11.4. The van der Waals surface area contributed by atoms with Crippen LogP contribution in [0.3, 0.4) is 0 Å². The van der Waals surface area contributed by atoms with E-state index in [4.69, 9.17) is 0 Å². The van der Waals surface area contributed by atoms with Crippen molar-refractivity contribution in [2.45, 2.75) is 38.8 Å². The summed E-state index contributed by atoms with van der Waals surface area (Å²) in [6.45, 7) is 8.05. The Morgan fingerprint density at radius 1 is 1.17 bits per heavy atom. The van der Waals surface area contributed by atoms with Crippen molar-refractivity contribution in [2.75, 3.05) is 6.54 Å². The van der Waals surface area contributed by atoms with Crippen LogP contribution >= 0.6 is 0 Å². The normalized spacial score (nSPS) is 27.6. The van der Waals surface area contributed by atoms with Crippen molar-refractivity contribution in [1.82, 2.24) is 4.90 Å². The number of likely N-dealkylation sites (tertiary alicyclic amines) is 1. The van der Waals surface area contributed by atoms with Crippen LogP contribution < -0.4 is 0 Å².